The molecule has 0 saturated carbocycles. The summed E-state index contributed by atoms with van der Waals surface area (Å²) in [5.41, 5.74) is 7.16. The molecule has 1 aromatic carbocycles. The Bertz CT molecular complexity index is 472. The first kappa shape index (κ1) is 16.0. The van der Waals surface area contributed by atoms with Gasteiger partial charge in [-0.15, -0.1) is 0 Å². The van der Waals surface area contributed by atoms with E-state index in [-0.39, 0.29) is 5.91 Å². The van der Waals surface area contributed by atoms with Crippen LogP contribution in [0.5, 0.6) is 5.75 Å². The van der Waals surface area contributed by atoms with E-state index < -0.39 is 0 Å². The predicted octanol–water partition coefficient (Wildman–Crippen LogP) is 1.75. The quantitative estimate of drug-likeness (QED) is 0.609. The maximum absolute atomic E-state index is 12.0. The number of amides is 1. The molecule has 1 rings (SSSR count). The van der Waals surface area contributed by atoms with Gasteiger partial charge in [-0.3, -0.25) is 4.79 Å². The number of hydrogen-bond acceptors (Lipinski definition) is 4. The largest absolute Gasteiger partial charge is 0.495 e. The van der Waals surface area contributed by atoms with Gasteiger partial charge in [0.15, 0.2) is 0 Å². The minimum absolute atomic E-state index is 0.131. The van der Waals surface area contributed by atoms with Crippen LogP contribution in [0.4, 0.5) is 11.4 Å². The molecule has 110 valence electrons. The van der Waals surface area contributed by atoms with Crippen molar-refractivity contribution in [2.45, 2.75) is 6.42 Å². The molecule has 0 aromatic heterocycles. The number of nitrogens with zero attached hydrogens (tertiary/aromatic N) is 2. The summed E-state index contributed by atoms with van der Waals surface area (Å²) >= 11 is 0. The average molecular weight is 277 g/mol. The third-order valence-electron chi connectivity index (χ3n) is 2.95. The molecule has 1 aromatic rings. The molecule has 0 unspecified atom stereocenters. The third-order valence-corrected chi connectivity index (χ3v) is 2.95. The molecular weight excluding hydrogens is 254 g/mol. The van der Waals surface area contributed by atoms with Crippen LogP contribution in [-0.2, 0) is 4.79 Å². The second kappa shape index (κ2) is 7.55. The summed E-state index contributed by atoms with van der Waals surface area (Å²) in [7, 11) is 5.57. The van der Waals surface area contributed by atoms with Gasteiger partial charge in [0.1, 0.15) is 5.75 Å². The Kier molecular flexibility index (Phi) is 6.06. The number of anilines is 2. The van der Waals surface area contributed by atoms with E-state index in [9.17, 15) is 4.79 Å². The number of carbonyl (C=O) groups is 1. The molecule has 5 heteroatoms. The zero-order valence-corrected chi connectivity index (χ0v) is 12.4. The summed E-state index contributed by atoms with van der Waals surface area (Å²) in [6.45, 7) is 5.08. The molecule has 0 atom stereocenters. The number of methoxy groups -OCH3 is 1. The van der Waals surface area contributed by atoms with Gasteiger partial charge in [-0.05, 0) is 51.3 Å². The van der Waals surface area contributed by atoms with Crippen LogP contribution in [0.15, 0.2) is 30.9 Å². The summed E-state index contributed by atoms with van der Waals surface area (Å²) in [6.07, 6.45) is 2.19. The van der Waals surface area contributed by atoms with Crippen LogP contribution in [0, 0.1) is 0 Å². The molecule has 0 heterocycles. The van der Waals surface area contributed by atoms with E-state index in [2.05, 4.69) is 11.5 Å². The standard InChI is InChI=1S/C15H23N3O2/c1-5-15(19)18(10-6-9-17(2)3)12-7-8-14(20-4)13(16)11-12/h5,7-8,11H,1,6,9-10,16H2,2-4H3. The number of rotatable bonds is 7. The normalized spacial score (nSPS) is 10.4. The van der Waals surface area contributed by atoms with Gasteiger partial charge in [-0.2, -0.15) is 0 Å². The monoisotopic (exact) mass is 277 g/mol. The van der Waals surface area contributed by atoms with Crippen molar-refractivity contribution in [1.82, 2.24) is 4.90 Å². The second-order valence-electron chi connectivity index (χ2n) is 4.78. The fraction of sp³-hybridized carbons (Fsp3) is 0.400. The first-order chi connectivity index (χ1) is 9.49. The van der Waals surface area contributed by atoms with Gasteiger partial charge in [-0.25, -0.2) is 0 Å². The molecule has 1 amide bonds. The summed E-state index contributed by atoms with van der Waals surface area (Å²) in [4.78, 5) is 15.7. The second-order valence-corrected chi connectivity index (χ2v) is 4.78. The highest BCUT2D eigenvalue weighted by Gasteiger charge is 2.14. The molecule has 0 spiro atoms. The number of benzene rings is 1. The molecule has 20 heavy (non-hydrogen) atoms. The highest BCUT2D eigenvalue weighted by atomic mass is 16.5. The molecule has 0 fully saturated rings. The average Bonchev–Trinajstić information content (AvgIpc) is 2.42. The first-order valence-electron chi connectivity index (χ1n) is 6.51. The Hall–Kier alpha value is -2.01. The number of ether oxygens (including phenoxy) is 1. The summed E-state index contributed by atoms with van der Waals surface area (Å²) in [5, 5.41) is 0. The lowest BCUT2D eigenvalue weighted by atomic mass is 10.2. The highest BCUT2D eigenvalue weighted by molar-refractivity contribution is 6.01. The van der Waals surface area contributed by atoms with Crippen LogP contribution in [0.3, 0.4) is 0 Å². The summed E-state index contributed by atoms with van der Waals surface area (Å²) < 4.78 is 5.12. The van der Waals surface area contributed by atoms with E-state index in [0.29, 0.717) is 18.0 Å². The van der Waals surface area contributed by atoms with E-state index in [1.807, 2.05) is 20.2 Å². The van der Waals surface area contributed by atoms with Crippen LogP contribution in [0.1, 0.15) is 6.42 Å². The molecule has 0 saturated heterocycles. The molecule has 0 aliphatic heterocycles. The predicted molar refractivity (Wildman–Crippen MR) is 83.1 cm³/mol. The van der Waals surface area contributed by atoms with E-state index in [4.69, 9.17) is 10.5 Å². The molecular formula is C15H23N3O2. The first-order valence-corrected chi connectivity index (χ1v) is 6.51. The van der Waals surface area contributed by atoms with Gasteiger partial charge >= 0.3 is 0 Å². The highest BCUT2D eigenvalue weighted by Crippen LogP contribution is 2.27. The zero-order chi connectivity index (χ0) is 15.1. The van der Waals surface area contributed by atoms with Gasteiger partial charge in [0.25, 0.3) is 0 Å². The lowest BCUT2D eigenvalue weighted by Crippen LogP contribution is -2.32. The van der Waals surface area contributed by atoms with Crippen molar-refractivity contribution in [3.63, 3.8) is 0 Å². The SMILES string of the molecule is C=CC(=O)N(CCCN(C)C)c1ccc(OC)c(N)c1. The molecule has 0 aliphatic rings. The Morgan fingerprint density at radius 3 is 2.60 bits per heavy atom. The van der Waals surface area contributed by atoms with Crippen LogP contribution in [0.2, 0.25) is 0 Å². The van der Waals surface area contributed by atoms with Gasteiger partial charge < -0.3 is 20.3 Å². The summed E-state index contributed by atoms with van der Waals surface area (Å²) in [5.74, 6) is 0.473. The lowest BCUT2D eigenvalue weighted by Gasteiger charge is -2.23. The van der Waals surface area contributed by atoms with Crippen LogP contribution in [0.25, 0.3) is 0 Å². The van der Waals surface area contributed by atoms with Gasteiger partial charge in [-0.1, -0.05) is 6.58 Å². The number of carbonyl (C=O) groups excluding carboxylic acids is 1. The number of nitrogen functional groups attached to an aromatic ring is 1. The van der Waals surface area contributed by atoms with Gasteiger partial charge in [0, 0.05) is 12.2 Å². The smallest absolute Gasteiger partial charge is 0.250 e. The Balaban J connectivity index is 2.90. The molecule has 2 N–H and O–H groups in total. The Morgan fingerprint density at radius 1 is 1.40 bits per heavy atom. The van der Waals surface area contributed by atoms with Gasteiger partial charge in [0.05, 0.1) is 12.8 Å². The zero-order valence-electron chi connectivity index (χ0n) is 12.4. The fourth-order valence-electron chi connectivity index (χ4n) is 1.91. The van der Waals surface area contributed by atoms with Crippen molar-refractivity contribution in [1.29, 1.82) is 0 Å². The van der Waals surface area contributed by atoms with E-state index >= 15 is 0 Å². The summed E-state index contributed by atoms with van der Waals surface area (Å²) in [6, 6.07) is 5.34. The van der Waals surface area contributed by atoms with E-state index in [1.54, 1.807) is 24.1 Å². The molecule has 5 nitrogen and oxygen atoms in total. The van der Waals surface area contributed by atoms with E-state index in [0.717, 1.165) is 18.7 Å². The lowest BCUT2D eigenvalue weighted by molar-refractivity contribution is -0.114. The number of hydrogen-bond donors (Lipinski definition) is 1. The minimum Gasteiger partial charge on any atom is -0.495 e. The molecule has 0 aliphatic carbocycles. The third kappa shape index (κ3) is 4.28. The Labute approximate surface area is 120 Å². The minimum atomic E-state index is -0.131. The van der Waals surface area contributed by atoms with Crippen molar-refractivity contribution in [3.8, 4) is 5.75 Å². The number of nitrogens with two attached hydrogens (primary N) is 1. The van der Waals surface area contributed by atoms with Crippen molar-refractivity contribution in [3.05, 3.63) is 30.9 Å². The maximum atomic E-state index is 12.0. The van der Waals surface area contributed by atoms with Crippen LogP contribution >= 0.6 is 0 Å². The van der Waals surface area contributed by atoms with Crippen LogP contribution in [-0.4, -0.2) is 45.1 Å². The van der Waals surface area contributed by atoms with Crippen molar-refractivity contribution in [2.24, 2.45) is 0 Å². The topological polar surface area (TPSA) is 58.8 Å². The molecule has 0 bridgehead atoms. The van der Waals surface area contributed by atoms with E-state index in [1.165, 1.54) is 6.08 Å². The van der Waals surface area contributed by atoms with Crippen LogP contribution < -0.4 is 15.4 Å². The Morgan fingerprint density at radius 2 is 2.10 bits per heavy atom. The van der Waals surface area contributed by atoms with Gasteiger partial charge in [0.2, 0.25) is 5.91 Å². The van der Waals surface area contributed by atoms with Crippen molar-refractivity contribution in [2.75, 3.05) is 44.9 Å². The van der Waals surface area contributed by atoms with Crippen molar-refractivity contribution < 1.29 is 9.53 Å². The maximum Gasteiger partial charge on any atom is 0.250 e. The molecule has 0 radical (unpaired) electrons. The fourth-order valence-corrected chi connectivity index (χ4v) is 1.91. The van der Waals surface area contributed by atoms with Crippen molar-refractivity contribution >= 4 is 17.3 Å².